The number of carbonyl (C=O) groups is 1. The third kappa shape index (κ3) is 4.33. The number of hydrogen-bond donors (Lipinski definition) is 3. The van der Waals surface area contributed by atoms with Gasteiger partial charge in [-0.3, -0.25) is 4.79 Å². The van der Waals surface area contributed by atoms with Crippen molar-refractivity contribution in [3.63, 3.8) is 0 Å². The molecule has 0 aliphatic carbocycles. The van der Waals surface area contributed by atoms with E-state index in [0.29, 0.717) is 12.3 Å². The Bertz CT molecular complexity index is 388. The van der Waals surface area contributed by atoms with Crippen LogP contribution in [0.5, 0.6) is 0 Å². The lowest BCUT2D eigenvalue weighted by Gasteiger charge is -2.23. The Morgan fingerprint density at radius 3 is 2.63 bits per heavy atom. The van der Waals surface area contributed by atoms with E-state index in [4.69, 9.17) is 0 Å². The predicted octanol–water partition coefficient (Wildman–Crippen LogP) is 1.23. The second-order valence-corrected chi connectivity index (χ2v) is 5.11. The fourth-order valence-electron chi connectivity index (χ4n) is 2.52. The molecule has 1 aliphatic heterocycles. The third-order valence-corrected chi connectivity index (χ3v) is 3.65. The summed E-state index contributed by atoms with van der Waals surface area (Å²) in [4.78, 5) is 12.0. The summed E-state index contributed by atoms with van der Waals surface area (Å²) < 4.78 is 0. The van der Waals surface area contributed by atoms with Crippen molar-refractivity contribution in [3.05, 3.63) is 35.9 Å². The van der Waals surface area contributed by atoms with E-state index in [1.54, 1.807) is 0 Å². The van der Waals surface area contributed by atoms with Gasteiger partial charge in [-0.05, 0) is 37.4 Å². The van der Waals surface area contributed by atoms with Crippen molar-refractivity contribution >= 4 is 5.91 Å². The highest BCUT2D eigenvalue weighted by molar-refractivity contribution is 5.76. The molecule has 0 spiro atoms. The van der Waals surface area contributed by atoms with Gasteiger partial charge in [0.25, 0.3) is 0 Å². The first-order valence-electron chi connectivity index (χ1n) is 6.95. The monoisotopic (exact) mass is 262 g/mol. The lowest BCUT2D eigenvalue weighted by molar-refractivity contribution is -0.123. The van der Waals surface area contributed by atoms with Crippen LogP contribution in [0.2, 0.25) is 0 Å². The van der Waals surface area contributed by atoms with Crippen molar-refractivity contribution in [2.24, 2.45) is 5.92 Å². The van der Waals surface area contributed by atoms with Crippen LogP contribution in [0, 0.1) is 5.92 Å². The largest absolute Gasteiger partial charge is 0.394 e. The van der Waals surface area contributed by atoms with Gasteiger partial charge in [0.05, 0.1) is 12.6 Å². The highest BCUT2D eigenvalue weighted by atomic mass is 16.3. The van der Waals surface area contributed by atoms with Crippen molar-refractivity contribution < 1.29 is 9.90 Å². The van der Waals surface area contributed by atoms with E-state index in [-0.39, 0.29) is 18.6 Å². The van der Waals surface area contributed by atoms with Gasteiger partial charge >= 0.3 is 0 Å². The molecule has 4 nitrogen and oxygen atoms in total. The maximum Gasteiger partial charge on any atom is 0.220 e. The Balaban J connectivity index is 1.85. The average molecular weight is 262 g/mol. The molecule has 1 aromatic rings. The van der Waals surface area contributed by atoms with Gasteiger partial charge in [0.1, 0.15) is 0 Å². The normalized spacial score (nSPS) is 17.9. The van der Waals surface area contributed by atoms with E-state index < -0.39 is 0 Å². The van der Waals surface area contributed by atoms with Crippen molar-refractivity contribution in [2.45, 2.75) is 25.3 Å². The van der Waals surface area contributed by atoms with Crippen LogP contribution in [-0.2, 0) is 4.79 Å². The molecule has 1 fully saturated rings. The number of aliphatic hydroxyl groups excluding tert-OH is 1. The molecule has 1 atom stereocenters. The second-order valence-electron chi connectivity index (χ2n) is 5.11. The summed E-state index contributed by atoms with van der Waals surface area (Å²) in [6, 6.07) is 9.30. The highest BCUT2D eigenvalue weighted by Crippen LogP contribution is 2.17. The van der Waals surface area contributed by atoms with E-state index in [1.165, 1.54) is 0 Å². The smallest absolute Gasteiger partial charge is 0.220 e. The quantitative estimate of drug-likeness (QED) is 0.748. The van der Waals surface area contributed by atoms with E-state index in [0.717, 1.165) is 31.5 Å². The van der Waals surface area contributed by atoms with Crippen molar-refractivity contribution in [2.75, 3.05) is 19.7 Å². The first kappa shape index (κ1) is 14.0. The molecule has 19 heavy (non-hydrogen) atoms. The number of hydrogen-bond acceptors (Lipinski definition) is 3. The van der Waals surface area contributed by atoms with Crippen LogP contribution in [0.4, 0.5) is 0 Å². The summed E-state index contributed by atoms with van der Waals surface area (Å²) in [5, 5.41) is 15.6. The summed E-state index contributed by atoms with van der Waals surface area (Å²) in [5.41, 5.74) is 0.948. The van der Waals surface area contributed by atoms with E-state index in [9.17, 15) is 9.90 Å². The molecule has 2 rings (SSSR count). The van der Waals surface area contributed by atoms with Gasteiger partial charge < -0.3 is 15.7 Å². The van der Waals surface area contributed by atoms with Gasteiger partial charge in [0.2, 0.25) is 5.91 Å². The van der Waals surface area contributed by atoms with Gasteiger partial charge in [0.15, 0.2) is 0 Å². The maximum absolute atomic E-state index is 12.0. The van der Waals surface area contributed by atoms with Crippen LogP contribution in [0.15, 0.2) is 30.3 Å². The zero-order valence-corrected chi connectivity index (χ0v) is 11.1. The van der Waals surface area contributed by atoms with Crippen molar-refractivity contribution in [3.8, 4) is 0 Å². The molecule has 1 aliphatic rings. The van der Waals surface area contributed by atoms with E-state index >= 15 is 0 Å². The summed E-state index contributed by atoms with van der Waals surface area (Å²) in [7, 11) is 0. The SMILES string of the molecule is O=C(CC1CCNCC1)NC(CO)c1ccccc1. The second kappa shape index (κ2) is 7.26. The van der Waals surface area contributed by atoms with Crippen LogP contribution >= 0.6 is 0 Å². The molecule has 4 heteroatoms. The molecule has 1 heterocycles. The molecule has 1 saturated heterocycles. The lowest BCUT2D eigenvalue weighted by atomic mass is 9.94. The summed E-state index contributed by atoms with van der Waals surface area (Å²) in [6.07, 6.45) is 2.68. The van der Waals surface area contributed by atoms with E-state index in [2.05, 4.69) is 10.6 Å². The minimum Gasteiger partial charge on any atom is -0.394 e. The summed E-state index contributed by atoms with van der Waals surface area (Å²) in [6.45, 7) is 1.93. The van der Waals surface area contributed by atoms with Gasteiger partial charge in [0, 0.05) is 6.42 Å². The van der Waals surface area contributed by atoms with Crippen LogP contribution < -0.4 is 10.6 Å². The van der Waals surface area contributed by atoms with E-state index in [1.807, 2.05) is 30.3 Å². The van der Waals surface area contributed by atoms with Crippen molar-refractivity contribution in [1.29, 1.82) is 0 Å². The standard InChI is InChI=1S/C15H22N2O2/c18-11-14(13-4-2-1-3-5-13)17-15(19)10-12-6-8-16-9-7-12/h1-5,12,14,16,18H,6-11H2,(H,17,19). The Morgan fingerprint density at radius 1 is 1.32 bits per heavy atom. The Kier molecular flexibility index (Phi) is 5.36. The molecule has 1 unspecified atom stereocenters. The zero-order chi connectivity index (χ0) is 13.5. The minimum atomic E-state index is -0.296. The molecule has 1 aromatic carbocycles. The lowest BCUT2D eigenvalue weighted by Crippen LogP contribution is -2.35. The fourth-order valence-corrected chi connectivity index (χ4v) is 2.52. The maximum atomic E-state index is 12.0. The van der Waals surface area contributed by atoms with Gasteiger partial charge in [-0.2, -0.15) is 0 Å². The first-order chi connectivity index (χ1) is 9.29. The number of nitrogens with one attached hydrogen (secondary N) is 2. The average Bonchev–Trinajstić information content (AvgIpc) is 2.47. The predicted molar refractivity (Wildman–Crippen MR) is 74.6 cm³/mol. The summed E-state index contributed by atoms with van der Waals surface area (Å²) in [5.74, 6) is 0.506. The molecule has 0 saturated carbocycles. The molecule has 1 amide bonds. The van der Waals surface area contributed by atoms with Gasteiger partial charge in [-0.25, -0.2) is 0 Å². The number of carbonyl (C=O) groups excluding carboxylic acids is 1. The number of aliphatic hydroxyl groups is 1. The van der Waals surface area contributed by atoms with Gasteiger partial charge in [-0.1, -0.05) is 30.3 Å². The third-order valence-electron chi connectivity index (χ3n) is 3.65. The Hall–Kier alpha value is -1.39. The molecule has 3 N–H and O–H groups in total. The Labute approximate surface area is 114 Å². The topological polar surface area (TPSA) is 61.4 Å². The first-order valence-corrected chi connectivity index (χ1v) is 6.95. The Morgan fingerprint density at radius 2 is 2.00 bits per heavy atom. The molecular formula is C15H22N2O2. The number of piperidine rings is 1. The summed E-state index contributed by atoms with van der Waals surface area (Å²) >= 11 is 0. The highest BCUT2D eigenvalue weighted by Gasteiger charge is 2.19. The number of rotatable bonds is 5. The molecule has 0 bridgehead atoms. The van der Waals surface area contributed by atoms with Crippen LogP contribution in [0.25, 0.3) is 0 Å². The number of benzene rings is 1. The minimum absolute atomic E-state index is 0.0369. The molecular weight excluding hydrogens is 240 g/mol. The zero-order valence-electron chi connectivity index (χ0n) is 11.1. The molecule has 104 valence electrons. The van der Waals surface area contributed by atoms with Crippen LogP contribution in [0.1, 0.15) is 30.9 Å². The molecule has 0 radical (unpaired) electrons. The van der Waals surface area contributed by atoms with Gasteiger partial charge in [-0.15, -0.1) is 0 Å². The van der Waals surface area contributed by atoms with Crippen LogP contribution in [-0.4, -0.2) is 30.7 Å². The van der Waals surface area contributed by atoms with Crippen molar-refractivity contribution in [1.82, 2.24) is 10.6 Å². The fraction of sp³-hybridized carbons (Fsp3) is 0.533. The molecule has 0 aromatic heterocycles. The number of amides is 1. The van der Waals surface area contributed by atoms with Crippen LogP contribution in [0.3, 0.4) is 0 Å².